The molecule has 174 valence electrons. The van der Waals surface area contributed by atoms with Crippen LogP contribution in [-0.4, -0.2) is 26.6 Å². The van der Waals surface area contributed by atoms with Gasteiger partial charge in [-0.25, -0.2) is 14.4 Å². The maximum Gasteiger partial charge on any atom is 0.251 e. The van der Waals surface area contributed by atoms with Crippen LogP contribution in [0.1, 0.15) is 45.5 Å². The molecule has 35 heavy (non-hydrogen) atoms. The molecular weight excluding hydrogens is 445 g/mol. The van der Waals surface area contributed by atoms with Gasteiger partial charge in [0.15, 0.2) is 6.10 Å². The molecule has 0 bridgehead atoms. The summed E-state index contributed by atoms with van der Waals surface area (Å²) in [7, 11) is 0. The van der Waals surface area contributed by atoms with E-state index in [-0.39, 0.29) is 24.4 Å². The molecule has 8 heteroatoms. The normalized spacial score (nSPS) is 14.8. The maximum atomic E-state index is 14.9. The molecule has 1 amide bonds. The average Bonchev–Trinajstić information content (AvgIpc) is 3.39. The molecule has 4 aromatic rings. The summed E-state index contributed by atoms with van der Waals surface area (Å²) in [5.74, 6) is -0.190. The molecule has 0 spiro atoms. The molecule has 0 radical (unpaired) electrons. The Hall–Kier alpha value is -4.46. The van der Waals surface area contributed by atoms with Crippen LogP contribution in [0.15, 0.2) is 84.4 Å². The van der Waals surface area contributed by atoms with Crippen LogP contribution in [0.25, 0.3) is 11.1 Å². The number of benzene rings is 2. The van der Waals surface area contributed by atoms with Crippen molar-refractivity contribution in [2.45, 2.75) is 26.0 Å². The Morgan fingerprint density at radius 3 is 2.57 bits per heavy atom. The topological polar surface area (TPSA) is 89.4 Å². The van der Waals surface area contributed by atoms with E-state index < -0.39 is 0 Å². The first kappa shape index (κ1) is 22.3. The SMILES string of the molecule is Cc1ccc(-c2cc(C(=O)NCc3ncccn3)cc(C3=NOC(c4ccccn4)C3)c2)c(F)c1. The van der Waals surface area contributed by atoms with Crippen LogP contribution in [0.3, 0.4) is 0 Å². The molecule has 1 aliphatic rings. The fourth-order valence-electron chi connectivity index (χ4n) is 3.89. The number of aryl methyl sites for hydroxylation is 1. The third-order valence-corrected chi connectivity index (χ3v) is 5.68. The molecule has 3 heterocycles. The number of rotatable bonds is 6. The van der Waals surface area contributed by atoms with Gasteiger partial charge >= 0.3 is 0 Å². The lowest BCUT2D eigenvalue weighted by Crippen LogP contribution is -2.24. The Morgan fingerprint density at radius 1 is 1.00 bits per heavy atom. The first-order valence-corrected chi connectivity index (χ1v) is 11.2. The molecule has 1 unspecified atom stereocenters. The van der Waals surface area contributed by atoms with Crippen molar-refractivity contribution in [2.75, 3.05) is 0 Å². The van der Waals surface area contributed by atoms with Crippen LogP contribution in [0.4, 0.5) is 4.39 Å². The van der Waals surface area contributed by atoms with Gasteiger partial charge in [-0.3, -0.25) is 9.78 Å². The van der Waals surface area contributed by atoms with E-state index in [1.165, 1.54) is 6.07 Å². The van der Waals surface area contributed by atoms with Crippen LogP contribution in [0, 0.1) is 12.7 Å². The molecule has 5 rings (SSSR count). The minimum absolute atomic E-state index is 0.171. The Labute approximate surface area is 201 Å². The van der Waals surface area contributed by atoms with Gasteiger partial charge < -0.3 is 10.2 Å². The van der Waals surface area contributed by atoms with E-state index in [9.17, 15) is 9.18 Å². The molecule has 1 atom stereocenters. The van der Waals surface area contributed by atoms with Crippen LogP contribution in [0.5, 0.6) is 0 Å². The Bertz CT molecular complexity index is 1390. The van der Waals surface area contributed by atoms with Crippen molar-refractivity contribution in [2.24, 2.45) is 5.16 Å². The van der Waals surface area contributed by atoms with Gasteiger partial charge in [0.05, 0.1) is 18.0 Å². The van der Waals surface area contributed by atoms with Crippen molar-refractivity contribution >= 4 is 11.6 Å². The molecule has 0 saturated carbocycles. The molecule has 1 aliphatic heterocycles. The average molecular weight is 468 g/mol. The summed E-state index contributed by atoms with van der Waals surface area (Å²) in [6.45, 7) is 2.00. The predicted octanol–water partition coefficient (Wildman–Crippen LogP) is 4.78. The summed E-state index contributed by atoms with van der Waals surface area (Å²) in [4.78, 5) is 31.3. The summed E-state index contributed by atoms with van der Waals surface area (Å²) in [5, 5.41) is 7.09. The van der Waals surface area contributed by atoms with Gasteiger partial charge in [0.1, 0.15) is 11.6 Å². The fraction of sp³-hybridized carbons (Fsp3) is 0.148. The van der Waals surface area contributed by atoms with Crippen LogP contribution >= 0.6 is 0 Å². The van der Waals surface area contributed by atoms with E-state index in [2.05, 4.69) is 25.4 Å². The lowest BCUT2D eigenvalue weighted by Gasteiger charge is -2.12. The van der Waals surface area contributed by atoms with Crippen molar-refractivity contribution < 1.29 is 14.0 Å². The zero-order valence-electron chi connectivity index (χ0n) is 19.0. The highest BCUT2D eigenvalue weighted by Gasteiger charge is 2.26. The molecule has 0 saturated heterocycles. The maximum absolute atomic E-state index is 14.9. The summed E-state index contributed by atoms with van der Waals surface area (Å²) in [5.41, 5.74) is 4.28. The molecule has 1 N–H and O–H groups in total. The number of hydrogen-bond acceptors (Lipinski definition) is 6. The van der Waals surface area contributed by atoms with E-state index in [1.807, 2.05) is 37.3 Å². The van der Waals surface area contributed by atoms with Crippen molar-refractivity contribution in [3.63, 3.8) is 0 Å². The van der Waals surface area contributed by atoms with Gasteiger partial charge in [-0.05, 0) is 60.5 Å². The van der Waals surface area contributed by atoms with Gasteiger partial charge in [0, 0.05) is 41.7 Å². The standard InChI is InChI=1S/C27H22FN5O2/c1-17-6-7-21(22(28)11-17)18-12-19(24-15-25(35-33-24)23-5-2-3-8-29-23)14-20(13-18)27(34)32-16-26-30-9-4-10-31-26/h2-14,25H,15-16H2,1H3,(H,32,34). The van der Waals surface area contributed by atoms with Crippen molar-refractivity contribution in [3.05, 3.63) is 113 Å². The highest BCUT2D eigenvalue weighted by Crippen LogP contribution is 2.31. The number of aromatic nitrogens is 3. The molecule has 2 aromatic carbocycles. The van der Waals surface area contributed by atoms with Crippen molar-refractivity contribution in [1.29, 1.82) is 0 Å². The molecule has 7 nitrogen and oxygen atoms in total. The Morgan fingerprint density at radius 2 is 1.80 bits per heavy atom. The van der Waals surface area contributed by atoms with Gasteiger partial charge in [-0.15, -0.1) is 0 Å². The third kappa shape index (κ3) is 5.06. The predicted molar refractivity (Wildman–Crippen MR) is 129 cm³/mol. The van der Waals surface area contributed by atoms with Crippen molar-refractivity contribution in [1.82, 2.24) is 20.3 Å². The highest BCUT2D eigenvalue weighted by molar-refractivity contribution is 6.05. The minimum Gasteiger partial charge on any atom is -0.385 e. The zero-order valence-corrected chi connectivity index (χ0v) is 19.0. The number of carbonyl (C=O) groups is 1. The quantitative estimate of drug-likeness (QED) is 0.441. The molecule has 0 fully saturated rings. The number of pyridine rings is 1. The molecular formula is C27H22FN5O2. The van der Waals surface area contributed by atoms with E-state index in [0.29, 0.717) is 40.2 Å². The molecule has 2 aromatic heterocycles. The number of oxime groups is 1. The smallest absolute Gasteiger partial charge is 0.251 e. The monoisotopic (exact) mass is 467 g/mol. The van der Waals surface area contributed by atoms with Crippen LogP contribution in [-0.2, 0) is 11.4 Å². The number of nitrogens with one attached hydrogen (secondary N) is 1. The lowest BCUT2D eigenvalue weighted by molar-refractivity contribution is 0.0826. The number of amides is 1. The number of carbonyl (C=O) groups excluding carboxylic acids is 1. The van der Waals surface area contributed by atoms with Gasteiger partial charge in [-0.1, -0.05) is 23.4 Å². The van der Waals surface area contributed by atoms with E-state index in [1.54, 1.807) is 42.9 Å². The first-order chi connectivity index (χ1) is 17.1. The summed E-state index contributed by atoms with van der Waals surface area (Å²) in [6.07, 6.45) is 5.10. The Balaban J connectivity index is 1.47. The second kappa shape index (κ2) is 9.80. The first-order valence-electron chi connectivity index (χ1n) is 11.2. The van der Waals surface area contributed by atoms with E-state index in [0.717, 1.165) is 11.3 Å². The minimum atomic E-state index is -0.359. The molecule has 0 aliphatic carbocycles. The second-order valence-corrected chi connectivity index (χ2v) is 8.22. The lowest BCUT2D eigenvalue weighted by atomic mass is 9.94. The van der Waals surface area contributed by atoms with Crippen LogP contribution < -0.4 is 5.32 Å². The van der Waals surface area contributed by atoms with Gasteiger partial charge in [0.2, 0.25) is 0 Å². The zero-order chi connectivity index (χ0) is 24.2. The largest absolute Gasteiger partial charge is 0.385 e. The van der Waals surface area contributed by atoms with Crippen molar-refractivity contribution in [3.8, 4) is 11.1 Å². The van der Waals surface area contributed by atoms with Gasteiger partial charge in [0.25, 0.3) is 5.91 Å². The summed E-state index contributed by atoms with van der Waals surface area (Å²) in [6, 6.07) is 17.6. The Kier molecular flexibility index (Phi) is 6.26. The van der Waals surface area contributed by atoms with E-state index in [4.69, 9.17) is 4.84 Å². The van der Waals surface area contributed by atoms with Crippen LogP contribution in [0.2, 0.25) is 0 Å². The second-order valence-electron chi connectivity index (χ2n) is 8.22. The summed E-state index contributed by atoms with van der Waals surface area (Å²) < 4.78 is 14.9. The third-order valence-electron chi connectivity index (χ3n) is 5.68. The fourth-order valence-corrected chi connectivity index (χ4v) is 3.89. The summed E-state index contributed by atoms with van der Waals surface area (Å²) >= 11 is 0. The van der Waals surface area contributed by atoms with E-state index >= 15 is 0 Å². The number of halogens is 1. The number of hydrogen-bond donors (Lipinski definition) is 1. The highest BCUT2D eigenvalue weighted by atomic mass is 19.1. The van der Waals surface area contributed by atoms with Gasteiger partial charge in [-0.2, -0.15) is 0 Å². The number of nitrogens with zero attached hydrogens (tertiary/aromatic N) is 4.